The van der Waals surface area contributed by atoms with E-state index in [0.717, 1.165) is 6.54 Å². The lowest BCUT2D eigenvalue weighted by atomic mass is 9.96. The van der Waals surface area contributed by atoms with E-state index in [1.54, 1.807) is 11.3 Å². The minimum Gasteiger partial charge on any atom is -0.308 e. The standard InChI is InChI=1S/C14H18N2S2/c1-2-4-12(5-3-1)15-9-14-16-8-13(18-14)11-6-7-17-10-11/h6-8,10,12,15H,1-5,9H2. The molecule has 0 bridgehead atoms. The van der Waals surface area contributed by atoms with Gasteiger partial charge in [0, 0.05) is 24.3 Å². The third-order valence-electron chi connectivity index (χ3n) is 3.51. The fourth-order valence-corrected chi connectivity index (χ4v) is 4.06. The Bertz CT molecular complexity index is 470. The second kappa shape index (κ2) is 5.95. The third-order valence-corrected chi connectivity index (χ3v) is 5.24. The van der Waals surface area contributed by atoms with E-state index in [2.05, 4.69) is 27.1 Å². The zero-order valence-electron chi connectivity index (χ0n) is 10.4. The summed E-state index contributed by atoms with van der Waals surface area (Å²) < 4.78 is 0. The van der Waals surface area contributed by atoms with Crippen LogP contribution in [0, 0.1) is 0 Å². The van der Waals surface area contributed by atoms with Crippen LogP contribution in [0.15, 0.2) is 23.0 Å². The molecular formula is C14H18N2S2. The van der Waals surface area contributed by atoms with Gasteiger partial charge >= 0.3 is 0 Å². The number of rotatable bonds is 4. The van der Waals surface area contributed by atoms with Crippen molar-refractivity contribution in [1.82, 2.24) is 10.3 Å². The molecule has 3 rings (SSSR count). The first kappa shape index (κ1) is 12.3. The van der Waals surface area contributed by atoms with Crippen LogP contribution < -0.4 is 5.32 Å². The molecule has 1 aliphatic carbocycles. The van der Waals surface area contributed by atoms with Gasteiger partial charge in [-0.25, -0.2) is 4.98 Å². The molecule has 1 saturated carbocycles. The summed E-state index contributed by atoms with van der Waals surface area (Å²) in [6, 6.07) is 2.88. The van der Waals surface area contributed by atoms with E-state index < -0.39 is 0 Å². The summed E-state index contributed by atoms with van der Waals surface area (Å²) in [6.07, 6.45) is 8.86. The van der Waals surface area contributed by atoms with Crippen LogP contribution in [0.1, 0.15) is 37.1 Å². The van der Waals surface area contributed by atoms with E-state index in [9.17, 15) is 0 Å². The molecule has 0 atom stereocenters. The number of nitrogens with one attached hydrogen (secondary N) is 1. The van der Waals surface area contributed by atoms with Gasteiger partial charge in [-0.2, -0.15) is 11.3 Å². The molecular weight excluding hydrogens is 260 g/mol. The maximum atomic E-state index is 4.52. The molecule has 0 aliphatic heterocycles. The number of thiazole rings is 1. The molecule has 1 aliphatic rings. The molecule has 1 N–H and O–H groups in total. The van der Waals surface area contributed by atoms with Crippen LogP contribution in [0.25, 0.3) is 10.4 Å². The van der Waals surface area contributed by atoms with Crippen LogP contribution in [-0.4, -0.2) is 11.0 Å². The lowest BCUT2D eigenvalue weighted by Gasteiger charge is -2.22. The summed E-state index contributed by atoms with van der Waals surface area (Å²) >= 11 is 3.56. The molecule has 96 valence electrons. The van der Waals surface area contributed by atoms with Gasteiger partial charge in [-0.3, -0.25) is 0 Å². The van der Waals surface area contributed by atoms with Crippen molar-refractivity contribution in [2.75, 3.05) is 0 Å². The number of thiophene rings is 1. The number of hydrogen-bond acceptors (Lipinski definition) is 4. The van der Waals surface area contributed by atoms with E-state index in [1.807, 2.05) is 17.5 Å². The molecule has 2 aromatic heterocycles. The predicted molar refractivity (Wildman–Crippen MR) is 79.1 cm³/mol. The summed E-state index contributed by atoms with van der Waals surface area (Å²) in [7, 11) is 0. The fraction of sp³-hybridized carbons (Fsp3) is 0.500. The highest BCUT2D eigenvalue weighted by Gasteiger charge is 2.13. The van der Waals surface area contributed by atoms with Gasteiger partial charge in [-0.05, 0) is 29.7 Å². The SMILES string of the molecule is c1cc(-c2cnc(CNC3CCCCC3)s2)cs1. The molecule has 0 amide bonds. The van der Waals surface area contributed by atoms with Crippen molar-refractivity contribution in [2.45, 2.75) is 44.7 Å². The lowest BCUT2D eigenvalue weighted by molar-refractivity contribution is 0.372. The number of aromatic nitrogens is 1. The number of hydrogen-bond donors (Lipinski definition) is 1. The van der Waals surface area contributed by atoms with Crippen LogP contribution >= 0.6 is 22.7 Å². The second-order valence-electron chi connectivity index (χ2n) is 4.85. The van der Waals surface area contributed by atoms with E-state index in [1.165, 1.54) is 47.6 Å². The van der Waals surface area contributed by atoms with Crippen LogP contribution in [0.2, 0.25) is 0 Å². The molecule has 0 unspecified atom stereocenters. The minimum atomic E-state index is 0.715. The fourth-order valence-electron chi connectivity index (χ4n) is 2.47. The van der Waals surface area contributed by atoms with E-state index in [-0.39, 0.29) is 0 Å². The number of nitrogens with zero attached hydrogens (tertiary/aromatic N) is 1. The van der Waals surface area contributed by atoms with Crippen molar-refractivity contribution in [1.29, 1.82) is 0 Å². The van der Waals surface area contributed by atoms with E-state index in [0.29, 0.717) is 6.04 Å². The molecule has 2 nitrogen and oxygen atoms in total. The van der Waals surface area contributed by atoms with Gasteiger partial charge in [0.25, 0.3) is 0 Å². The van der Waals surface area contributed by atoms with Gasteiger partial charge in [0.05, 0.1) is 4.88 Å². The van der Waals surface area contributed by atoms with Gasteiger partial charge in [-0.15, -0.1) is 11.3 Å². The van der Waals surface area contributed by atoms with Crippen LogP contribution in [0.3, 0.4) is 0 Å². The highest BCUT2D eigenvalue weighted by Crippen LogP contribution is 2.28. The Morgan fingerprint density at radius 1 is 1.28 bits per heavy atom. The molecule has 2 aromatic rings. The van der Waals surface area contributed by atoms with Gasteiger partial charge in [-0.1, -0.05) is 19.3 Å². The first-order chi connectivity index (χ1) is 8.92. The molecule has 1 fully saturated rings. The highest BCUT2D eigenvalue weighted by molar-refractivity contribution is 7.15. The largest absolute Gasteiger partial charge is 0.308 e. The Balaban J connectivity index is 1.57. The maximum absolute atomic E-state index is 4.52. The maximum Gasteiger partial charge on any atom is 0.107 e. The second-order valence-corrected chi connectivity index (χ2v) is 6.74. The Hall–Kier alpha value is -0.710. The van der Waals surface area contributed by atoms with Crippen LogP contribution in [0.4, 0.5) is 0 Å². The average Bonchev–Trinajstić information content (AvgIpc) is 3.08. The average molecular weight is 278 g/mol. The van der Waals surface area contributed by atoms with Crippen molar-refractivity contribution >= 4 is 22.7 Å². The smallest absolute Gasteiger partial charge is 0.107 e. The summed E-state index contributed by atoms with van der Waals surface area (Å²) in [6.45, 7) is 0.930. The molecule has 0 aromatic carbocycles. The van der Waals surface area contributed by atoms with Crippen molar-refractivity contribution in [3.05, 3.63) is 28.0 Å². The first-order valence-electron chi connectivity index (χ1n) is 6.62. The molecule has 0 radical (unpaired) electrons. The van der Waals surface area contributed by atoms with Crippen molar-refractivity contribution in [3.63, 3.8) is 0 Å². The van der Waals surface area contributed by atoms with Crippen LogP contribution in [-0.2, 0) is 6.54 Å². The topological polar surface area (TPSA) is 24.9 Å². The monoisotopic (exact) mass is 278 g/mol. The summed E-state index contributed by atoms with van der Waals surface area (Å²) in [5, 5.41) is 9.16. The summed E-state index contributed by atoms with van der Waals surface area (Å²) in [4.78, 5) is 5.81. The Labute approximate surface area is 116 Å². The molecule has 18 heavy (non-hydrogen) atoms. The zero-order chi connectivity index (χ0) is 12.2. The quantitative estimate of drug-likeness (QED) is 0.902. The van der Waals surface area contributed by atoms with Crippen molar-refractivity contribution < 1.29 is 0 Å². The Morgan fingerprint density at radius 2 is 2.17 bits per heavy atom. The van der Waals surface area contributed by atoms with Gasteiger partial charge in [0.2, 0.25) is 0 Å². The van der Waals surface area contributed by atoms with Gasteiger partial charge in [0.15, 0.2) is 0 Å². The Kier molecular flexibility index (Phi) is 4.08. The lowest BCUT2D eigenvalue weighted by Crippen LogP contribution is -2.30. The van der Waals surface area contributed by atoms with Crippen LogP contribution in [0.5, 0.6) is 0 Å². The Morgan fingerprint density at radius 3 is 2.94 bits per heavy atom. The van der Waals surface area contributed by atoms with Gasteiger partial charge < -0.3 is 5.32 Å². The predicted octanol–water partition coefficient (Wildman–Crippen LogP) is 4.29. The van der Waals surface area contributed by atoms with Crippen molar-refractivity contribution in [2.24, 2.45) is 0 Å². The van der Waals surface area contributed by atoms with E-state index in [4.69, 9.17) is 0 Å². The van der Waals surface area contributed by atoms with Crippen molar-refractivity contribution in [3.8, 4) is 10.4 Å². The molecule has 0 saturated heterocycles. The minimum absolute atomic E-state index is 0.715. The normalized spacial score (nSPS) is 17.1. The highest BCUT2D eigenvalue weighted by atomic mass is 32.1. The first-order valence-corrected chi connectivity index (χ1v) is 8.38. The molecule has 4 heteroatoms. The molecule has 0 spiro atoms. The zero-order valence-corrected chi connectivity index (χ0v) is 12.0. The summed E-state index contributed by atoms with van der Waals surface area (Å²) in [5.74, 6) is 0. The summed E-state index contributed by atoms with van der Waals surface area (Å²) in [5.41, 5.74) is 1.31. The van der Waals surface area contributed by atoms with E-state index >= 15 is 0 Å². The van der Waals surface area contributed by atoms with Gasteiger partial charge in [0.1, 0.15) is 5.01 Å². The third kappa shape index (κ3) is 2.99. The molecule has 2 heterocycles.